The van der Waals surface area contributed by atoms with E-state index in [4.69, 9.17) is 0 Å². The Bertz CT molecular complexity index is 1090. The summed E-state index contributed by atoms with van der Waals surface area (Å²) >= 11 is 0. The number of hydrogen-bond donors (Lipinski definition) is 0. The van der Waals surface area contributed by atoms with E-state index in [1.165, 1.54) is 42.5 Å². The molecular weight excluding hydrogens is 364 g/mol. The maximum Gasteiger partial charge on any atom is 0.456 e. The van der Waals surface area contributed by atoms with E-state index in [-0.39, 0.29) is 31.0 Å². The number of benzene rings is 2. The lowest BCUT2D eigenvalue weighted by Gasteiger charge is -2.17. The minimum Gasteiger partial charge on any atom is -0.309 e. The van der Waals surface area contributed by atoms with Crippen LogP contribution in [0, 0.1) is 0 Å². The lowest BCUT2D eigenvalue weighted by molar-refractivity contribution is -0.0496. The smallest absolute Gasteiger partial charge is 0.309 e. The van der Waals surface area contributed by atoms with Crippen molar-refractivity contribution in [3.05, 3.63) is 65.2 Å². The number of amides is 4. The second kappa shape index (κ2) is 5.23. The van der Waals surface area contributed by atoms with Gasteiger partial charge in [0.05, 0.1) is 16.7 Å². The van der Waals surface area contributed by atoms with E-state index in [1.807, 2.05) is 0 Å². The first-order chi connectivity index (χ1) is 12.3. The topological polar surface area (TPSA) is 118 Å². The number of nitrogens with zero attached hydrogens (tertiary/aromatic N) is 2. The van der Waals surface area contributed by atoms with Gasteiger partial charge in [-0.05, 0) is 24.3 Å². The average Bonchev–Trinajstić information content (AvgIpc) is 2.99. The van der Waals surface area contributed by atoms with Gasteiger partial charge in [0.1, 0.15) is 4.90 Å². The highest BCUT2D eigenvalue weighted by molar-refractivity contribution is 7.90. The van der Waals surface area contributed by atoms with Crippen molar-refractivity contribution in [2.24, 2.45) is 0 Å². The molecule has 2 heterocycles. The molecule has 0 aromatic heterocycles. The van der Waals surface area contributed by atoms with Crippen LogP contribution in [-0.2, 0) is 14.9 Å². The van der Waals surface area contributed by atoms with Crippen LogP contribution >= 0.6 is 0 Å². The highest BCUT2D eigenvalue weighted by Crippen LogP contribution is 2.31. The molecule has 0 spiro atoms. The molecular formula is C16H8N2O7S. The van der Waals surface area contributed by atoms with Gasteiger partial charge in [0, 0.05) is 0 Å². The van der Waals surface area contributed by atoms with Gasteiger partial charge in [0.2, 0.25) is 0 Å². The monoisotopic (exact) mass is 372 g/mol. The number of sulfonamides is 1. The first-order valence-corrected chi connectivity index (χ1v) is 8.66. The van der Waals surface area contributed by atoms with E-state index < -0.39 is 33.8 Å². The van der Waals surface area contributed by atoms with Gasteiger partial charge in [0.15, 0.2) is 0 Å². The number of rotatable bonds is 1. The van der Waals surface area contributed by atoms with Crippen molar-refractivity contribution in [2.75, 3.05) is 0 Å². The Balaban J connectivity index is 1.66. The van der Waals surface area contributed by atoms with Gasteiger partial charge in [-0.15, -0.1) is 4.31 Å². The number of imide groups is 2. The SMILES string of the molecule is O=C1c2ccccc2C(=O)N1OC(=O)N1C(=O)c2ccccc2S1(=O)=O. The third-order valence-corrected chi connectivity index (χ3v) is 5.62. The van der Waals surface area contributed by atoms with Crippen LogP contribution < -0.4 is 0 Å². The number of fused-ring (bicyclic) bond motifs is 2. The third-order valence-electron chi connectivity index (χ3n) is 3.91. The van der Waals surface area contributed by atoms with Crippen LogP contribution in [0.5, 0.6) is 0 Å². The van der Waals surface area contributed by atoms with Crippen LogP contribution in [0.4, 0.5) is 4.79 Å². The Morgan fingerprint density at radius 1 is 0.769 bits per heavy atom. The molecule has 9 nitrogen and oxygen atoms in total. The summed E-state index contributed by atoms with van der Waals surface area (Å²) in [5, 5.41) is 0.138. The zero-order valence-electron chi connectivity index (χ0n) is 12.8. The van der Waals surface area contributed by atoms with Crippen LogP contribution in [0.25, 0.3) is 0 Å². The molecule has 0 atom stereocenters. The third kappa shape index (κ3) is 1.99. The molecule has 0 N–H and O–H groups in total. The van der Waals surface area contributed by atoms with E-state index in [2.05, 4.69) is 4.84 Å². The molecule has 2 aromatic rings. The van der Waals surface area contributed by atoms with Crippen molar-refractivity contribution in [3.8, 4) is 0 Å². The van der Waals surface area contributed by atoms with Crippen LogP contribution in [0.2, 0.25) is 0 Å². The summed E-state index contributed by atoms with van der Waals surface area (Å²) in [5.41, 5.74) is -0.194. The molecule has 0 bridgehead atoms. The first kappa shape index (κ1) is 16.0. The summed E-state index contributed by atoms with van der Waals surface area (Å²) in [6.07, 6.45) is -1.67. The van der Waals surface area contributed by atoms with Crippen LogP contribution in [0.3, 0.4) is 0 Å². The minimum atomic E-state index is -4.48. The minimum absolute atomic E-state index is 0.00388. The number of carbonyl (C=O) groups is 4. The molecule has 4 rings (SSSR count). The van der Waals surface area contributed by atoms with Crippen molar-refractivity contribution in [2.45, 2.75) is 4.90 Å². The van der Waals surface area contributed by atoms with Gasteiger partial charge in [-0.2, -0.15) is 0 Å². The van der Waals surface area contributed by atoms with Gasteiger partial charge in [0.25, 0.3) is 27.7 Å². The Morgan fingerprint density at radius 3 is 1.81 bits per heavy atom. The fourth-order valence-electron chi connectivity index (χ4n) is 2.73. The Labute approximate surface area is 146 Å². The Morgan fingerprint density at radius 2 is 1.27 bits per heavy atom. The predicted molar refractivity (Wildman–Crippen MR) is 83.2 cm³/mol. The fraction of sp³-hybridized carbons (Fsp3) is 0. The summed E-state index contributed by atoms with van der Waals surface area (Å²) < 4.78 is 24.7. The average molecular weight is 372 g/mol. The summed E-state index contributed by atoms with van der Waals surface area (Å²) in [6, 6.07) is 11.0. The van der Waals surface area contributed by atoms with Crippen molar-refractivity contribution >= 4 is 33.8 Å². The second-order valence-corrected chi connectivity index (χ2v) is 7.13. The molecule has 10 heteroatoms. The number of carbonyl (C=O) groups excluding carboxylic acids is 4. The normalized spacial score (nSPS) is 17.3. The second-order valence-electron chi connectivity index (χ2n) is 5.38. The van der Waals surface area contributed by atoms with Gasteiger partial charge < -0.3 is 4.84 Å². The van der Waals surface area contributed by atoms with Gasteiger partial charge in [-0.25, -0.2) is 13.2 Å². The van der Waals surface area contributed by atoms with Crippen molar-refractivity contribution in [3.63, 3.8) is 0 Å². The fourth-order valence-corrected chi connectivity index (χ4v) is 4.16. The Kier molecular flexibility index (Phi) is 3.21. The lowest BCUT2D eigenvalue weighted by atomic mass is 10.1. The van der Waals surface area contributed by atoms with Crippen molar-refractivity contribution < 1.29 is 32.4 Å². The lowest BCUT2D eigenvalue weighted by Crippen LogP contribution is -2.42. The molecule has 0 saturated heterocycles. The highest BCUT2D eigenvalue weighted by Gasteiger charge is 2.49. The molecule has 26 heavy (non-hydrogen) atoms. The molecule has 0 aliphatic carbocycles. The van der Waals surface area contributed by atoms with Gasteiger partial charge >= 0.3 is 6.09 Å². The summed E-state index contributed by atoms with van der Waals surface area (Å²) in [5.74, 6) is -2.98. The molecule has 2 aliphatic heterocycles. The van der Waals surface area contributed by atoms with Gasteiger partial charge in [-0.1, -0.05) is 29.3 Å². The van der Waals surface area contributed by atoms with E-state index >= 15 is 0 Å². The zero-order chi connectivity index (χ0) is 18.6. The predicted octanol–water partition coefficient (Wildman–Crippen LogP) is 1.18. The molecule has 130 valence electrons. The molecule has 0 radical (unpaired) electrons. The molecule has 0 unspecified atom stereocenters. The van der Waals surface area contributed by atoms with Crippen molar-refractivity contribution in [1.29, 1.82) is 0 Å². The Hall–Kier alpha value is -3.53. The number of hydrogen-bond acceptors (Lipinski definition) is 7. The highest BCUT2D eigenvalue weighted by atomic mass is 32.2. The first-order valence-electron chi connectivity index (χ1n) is 7.22. The van der Waals surface area contributed by atoms with E-state index in [9.17, 15) is 27.6 Å². The van der Waals surface area contributed by atoms with Crippen LogP contribution in [0.15, 0.2) is 53.4 Å². The largest absolute Gasteiger partial charge is 0.456 e. The summed E-state index contributed by atoms with van der Waals surface area (Å²) in [4.78, 5) is 53.3. The molecule has 0 saturated carbocycles. The standard InChI is InChI=1S/C16H8N2O7S/c19-13-9-5-1-2-6-10(9)14(20)17(13)25-16(22)18-15(21)11-7-3-4-8-12(11)26(18,23)24/h1-8H. The molecule has 4 amide bonds. The van der Waals surface area contributed by atoms with Crippen LogP contribution in [0.1, 0.15) is 31.1 Å². The van der Waals surface area contributed by atoms with E-state index in [1.54, 1.807) is 0 Å². The molecule has 2 aliphatic rings. The van der Waals surface area contributed by atoms with Crippen molar-refractivity contribution in [1.82, 2.24) is 9.37 Å². The van der Waals surface area contributed by atoms with Crippen LogP contribution in [-0.4, -0.2) is 41.6 Å². The zero-order valence-corrected chi connectivity index (χ0v) is 13.6. The summed E-state index contributed by atoms with van der Waals surface area (Å²) in [7, 11) is -4.48. The van der Waals surface area contributed by atoms with E-state index in [0.29, 0.717) is 0 Å². The number of hydroxylamine groups is 2. The van der Waals surface area contributed by atoms with E-state index in [0.717, 1.165) is 6.07 Å². The summed E-state index contributed by atoms with van der Waals surface area (Å²) in [6.45, 7) is 0. The quantitative estimate of drug-likeness (QED) is 0.690. The molecule has 2 aromatic carbocycles. The molecule has 0 fully saturated rings. The maximum atomic E-state index is 12.4. The maximum absolute atomic E-state index is 12.4. The van der Waals surface area contributed by atoms with Gasteiger partial charge in [-0.3, -0.25) is 14.4 Å².